The van der Waals surface area contributed by atoms with Crippen molar-refractivity contribution < 1.29 is 17.9 Å². The zero-order valence-electron chi connectivity index (χ0n) is 16.5. The van der Waals surface area contributed by atoms with E-state index in [-0.39, 0.29) is 22.0 Å². The first-order valence-electron chi connectivity index (χ1n) is 9.06. The average molecular weight is 445 g/mol. The molecule has 3 aromatic carbocycles. The normalized spacial score (nSPS) is 11.3. The van der Waals surface area contributed by atoms with Crippen LogP contribution in [0.15, 0.2) is 77.7 Å². The molecule has 0 aliphatic heterocycles. The molecule has 0 atom stereocenters. The fourth-order valence-electron chi connectivity index (χ4n) is 2.84. The molecule has 30 heavy (non-hydrogen) atoms. The van der Waals surface area contributed by atoms with Gasteiger partial charge in [0.25, 0.3) is 5.91 Å². The summed E-state index contributed by atoms with van der Waals surface area (Å²) in [7, 11) is -0.800. The van der Waals surface area contributed by atoms with Crippen LogP contribution in [0.1, 0.15) is 15.9 Å². The molecule has 0 bridgehead atoms. The number of rotatable bonds is 7. The van der Waals surface area contributed by atoms with Gasteiger partial charge < -0.3 is 10.1 Å². The number of carbonyl (C=O) groups is 1. The molecule has 0 saturated carbocycles. The molecule has 3 aromatic rings. The van der Waals surface area contributed by atoms with Gasteiger partial charge in [-0.15, -0.1) is 0 Å². The van der Waals surface area contributed by atoms with Gasteiger partial charge in [-0.3, -0.25) is 4.79 Å². The maximum absolute atomic E-state index is 13.0. The van der Waals surface area contributed by atoms with Crippen LogP contribution in [0.3, 0.4) is 0 Å². The number of benzene rings is 3. The maximum atomic E-state index is 13.0. The number of anilines is 1. The molecular weight excluding hydrogens is 424 g/mol. The number of amides is 1. The number of carbonyl (C=O) groups excluding carboxylic acids is 1. The van der Waals surface area contributed by atoms with Gasteiger partial charge in [0, 0.05) is 25.3 Å². The van der Waals surface area contributed by atoms with Gasteiger partial charge in [-0.25, -0.2) is 8.42 Å². The van der Waals surface area contributed by atoms with Crippen LogP contribution in [0.4, 0.5) is 5.69 Å². The smallest absolute Gasteiger partial charge is 0.257 e. The number of hydrogen-bond donors (Lipinski definition) is 1. The second-order valence-electron chi connectivity index (χ2n) is 6.57. The minimum atomic E-state index is -3.82. The fourth-order valence-corrected chi connectivity index (χ4v) is 4.23. The molecule has 6 nitrogen and oxygen atoms in total. The summed E-state index contributed by atoms with van der Waals surface area (Å²) in [6.07, 6.45) is 0. The Morgan fingerprint density at radius 3 is 2.47 bits per heavy atom. The standard InChI is InChI=1S/C22H21ClN2O4S/c1-25(15-16-7-4-3-5-8-16)30(27,28)19-11-12-21(23)20(14-19)22(26)24-17-9-6-10-18(13-17)29-2/h3-14H,15H2,1-2H3,(H,24,26). The molecule has 1 amide bonds. The first kappa shape index (κ1) is 21.8. The van der Waals surface area contributed by atoms with Gasteiger partial charge in [-0.2, -0.15) is 4.31 Å². The minimum absolute atomic E-state index is 0.0128. The van der Waals surface area contributed by atoms with Crippen molar-refractivity contribution in [2.75, 3.05) is 19.5 Å². The van der Waals surface area contributed by atoms with Crippen molar-refractivity contribution in [2.24, 2.45) is 0 Å². The molecule has 0 heterocycles. The van der Waals surface area contributed by atoms with E-state index in [1.807, 2.05) is 30.3 Å². The fraction of sp³-hybridized carbons (Fsp3) is 0.136. The number of nitrogens with zero attached hydrogens (tertiary/aromatic N) is 1. The second kappa shape index (κ2) is 9.30. The molecular formula is C22H21ClN2O4S. The van der Waals surface area contributed by atoms with E-state index in [1.165, 1.54) is 36.7 Å². The molecule has 0 aromatic heterocycles. The zero-order chi connectivity index (χ0) is 21.7. The third-order valence-electron chi connectivity index (χ3n) is 4.47. The van der Waals surface area contributed by atoms with Gasteiger partial charge in [0.15, 0.2) is 0 Å². The van der Waals surface area contributed by atoms with E-state index in [2.05, 4.69) is 5.32 Å². The van der Waals surface area contributed by atoms with E-state index in [4.69, 9.17) is 16.3 Å². The van der Waals surface area contributed by atoms with E-state index in [1.54, 1.807) is 24.3 Å². The third kappa shape index (κ3) is 4.99. The van der Waals surface area contributed by atoms with Crippen LogP contribution < -0.4 is 10.1 Å². The van der Waals surface area contributed by atoms with Crippen molar-refractivity contribution in [3.05, 3.63) is 88.9 Å². The summed E-state index contributed by atoms with van der Waals surface area (Å²) in [6.45, 7) is 0.205. The first-order valence-corrected chi connectivity index (χ1v) is 10.9. The van der Waals surface area contributed by atoms with Crippen LogP contribution >= 0.6 is 11.6 Å². The molecule has 8 heteroatoms. The van der Waals surface area contributed by atoms with Crippen molar-refractivity contribution in [3.8, 4) is 5.75 Å². The van der Waals surface area contributed by atoms with Crippen LogP contribution in [0, 0.1) is 0 Å². The zero-order valence-corrected chi connectivity index (χ0v) is 18.1. The quantitative estimate of drug-likeness (QED) is 0.585. The highest BCUT2D eigenvalue weighted by Crippen LogP contribution is 2.25. The van der Waals surface area contributed by atoms with Gasteiger partial charge in [0.1, 0.15) is 5.75 Å². The highest BCUT2D eigenvalue weighted by molar-refractivity contribution is 7.89. The predicted octanol–water partition coefficient (Wildman–Crippen LogP) is 4.42. The van der Waals surface area contributed by atoms with Crippen molar-refractivity contribution in [1.29, 1.82) is 0 Å². The summed E-state index contributed by atoms with van der Waals surface area (Å²) >= 11 is 6.18. The Balaban J connectivity index is 1.85. The van der Waals surface area contributed by atoms with E-state index in [9.17, 15) is 13.2 Å². The highest BCUT2D eigenvalue weighted by Gasteiger charge is 2.23. The lowest BCUT2D eigenvalue weighted by Gasteiger charge is -2.18. The Labute approximate surface area is 181 Å². The van der Waals surface area contributed by atoms with Crippen LogP contribution in [0.5, 0.6) is 5.75 Å². The average Bonchev–Trinajstić information content (AvgIpc) is 2.74. The summed E-state index contributed by atoms with van der Waals surface area (Å²) in [5.41, 5.74) is 1.42. The number of ether oxygens (including phenoxy) is 1. The topological polar surface area (TPSA) is 75.7 Å². The largest absolute Gasteiger partial charge is 0.497 e. The molecule has 0 unspecified atom stereocenters. The molecule has 0 radical (unpaired) electrons. The molecule has 0 aliphatic carbocycles. The number of sulfonamides is 1. The van der Waals surface area contributed by atoms with Crippen molar-refractivity contribution in [3.63, 3.8) is 0 Å². The summed E-state index contributed by atoms with van der Waals surface area (Å²) in [6, 6.07) is 20.2. The maximum Gasteiger partial charge on any atom is 0.257 e. The van der Waals surface area contributed by atoms with E-state index in [0.29, 0.717) is 11.4 Å². The lowest BCUT2D eigenvalue weighted by Crippen LogP contribution is -2.27. The SMILES string of the molecule is COc1cccc(NC(=O)c2cc(S(=O)(=O)N(C)Cc3ccccc3)ccc2Cl)c1. The summed E-state index contributed by atoms with van der Waals surface area (Å²) < 4.78 is 32.4. The van der Waals surface area contributed by atoms with Crippen LogP contribution in [-0.2, 0) is 16.6 Å². The number of hydrogen-bond acceptors (Lipinski definition) is 4. The lowest BCUT2D eigenvalue weighted by atomic mass is 10.2. The van der Waals surface area contributed by atoms with Crippen molar-refractivity contribution >= 4 is 33.2 Å². The Morgan fingerprint density at radius 2 is 1.77 bits per heavy atom. The molecule has 156 valence electrons. The van der Waals surface area contributed by atoms with Crippen LogP contribution in [0.2, 0.25) is 5.02 Å². The van der Waals surface area contributed by atoms with Gasteiger partial charge >= 0.3 is 0 Å². The van der Waals surface area contributed by atoms with Crippen LogP contribution in [-0.4, -0.2) is 32.8 Å². The number of halogens is 1. The van der Waals surface area contributed by atoms with Gasteiger partial charge in [0.2, 0.25) is 10.0 Å². The molecule has 1 N–H and O–H groups in total. The minimum Gasteiger partial charge on any atom is -0.497 e. The van der Waals surface area contributed by atoms with Crippen molar-refractivity contribution in [1.82, 2.24) is 4.31 Å². The first-order chi connectivity index (χ1) is 14.3. The Bertz CT molecular complexity index is 1150. The molecule has 0 fully saturated rings. The lowest BCUT2D eigenvalue weighted by molar-refractivity contribution is 0.102. The number of nitrogens with one attached hydrogen (secondary N) is 1. The van der Waals surface area contributed by atoms with Gasteiger partial charge in [0.05, 0.1) is 22.6 Å². The van der Waals surface area contributed by atoms with E-state index >= 15 is 0 Å². The highest BCUT2D eigenvalue weighted by atomic mass is 35.5. The third-order valence-corrected chi connectivity index (χ3v) is 6.60. The molecule has 0 saturated heterocycles. The van der Waals surface area contributed by atoms with E-state index < -0.39 is 15.9 Å². The van der Waals surface area contributed by atoms with Crippen LogP contribution in [0.25, 0.3) is 0 Å². The van der Waals surface area contributed by atoms with E-state index in [0.717, 1.165) is 5.56 Å². The summed E-state index contributed by atoms with van der Waals surface area (Å²) in [5, 5.41) is 2.86. The Morgan fingerprint density at radius 1 is 1.03 bits per heavy atom. The predicted molar refractivity (Wildman–Crippen MR) is 117 cm³/mol. The summed E-state index contributed by atoms with van der Waals surface area (Å²) in [5.74, 6) is 0.0637. The van der Waals surface area contributed by atoms with Crippen molar-refractivity contribution in [2.45, 2.75) is 11.4 Å². The number of methoxy groups -OCH3 is 1. The Hall–Kier alpha value is -2.87. The molecule has 3 rings (SSSR count). The molecule has 0 spiro atoms. The Kier molecular flexibility index (Phi) is 6.77. The summed E-state index contributed by atoms with van der Waals surface area (Å²) in [4.78, 5) is 12.7. The second-order valence-corrected chi connectivity index (χ2v) is 9.03. The molecule has 0 aliphatic rings. The van der Waals surface area contributed by atoms with Gasteiger partial charge in [-0.05, 0) is 35.9 Å². The monoisotopic (exact) mass is 444 g/mol. The van der Waals surface area contributed by atoms with Gasteiger partial charge in [-0.1, -0.05) is 48.0 Å².